The first-order chi connectivity index (χ1) is 12.3. The quantitative estimate of drug-likeness (QED) is 0.845. The number of carbonyl (C=O) groups is 1. The van der Waals surface area contributed by atoms with Crippen molar-refractivity contribution in [3.05, 3.63) is 65.2 Å². The summed E-state index contributed by atoms with van der Waals surface area (Å²) >= 11 is 0. The molecule has 0 spiro atoms. The van der Waals surface area contributed by atoms with Gasteiger partial charge in [0.15, 0.2) is 5.78 Å². The first-order valence-corrected chi connectivity index (χ1v) is 8.68. The Labute approximate surface area is 151 Å². The zero-order valence-corrected chi connectivity index (χ0v) is 14.6. The van der Waals surface area contributed by atoms with Crippen LogP contribution in [0.5, 0.6) is 0 Å². The van der Waals surface area contributed by atoms with Crippen molar-refractivity contribution >= 4 is 11.5 Å². The standard InChI is InChI=1S/C20H21F3N2O/c1-15(26)17-4-8-19(9-5-17)25-12-10-24(11-13-25)14-16-2-6-18(7-3-16)20(21,22)23/h2-9H,10-14H2,1H3/p+1. The molecular formula is C20H22F3N2O+. The average molecular weight is 363 g/mol. The number of nitrogens with one attached hydrogen (secondary N) is 1. The third kappa shape index (κ3) is 4.43. The molecule has 3 nitrogen and oxygen atoms in total. The normalized spacial score (nSPS) is 15.9. The second-order valence-corrected chi connectivity index (χ2v) is 6.71. The summed E-state index contributed by atoms with van der Waals surface area (Å²) in [6, 6.07) is 13.1. The topological polar surface area (TPSA) is 24.8 Å². The van der Waals surface area contributed by atoms with Crippen LogP contribution in [-0.2, 0) is 12.7 Å². The van der Waals surface area contributed by atoms with Crippen LogP contribution in [0.3, 0.4) is 0 Å². The fourth-order valence-corrected chi connectivity index (χ4v) is 3.27. The van der Waals surface area contributed by atoms with E-state index < -0.39 is 11.7 Å². The highest BCUT2D eigenvalue weighted by molar-refractivity contribution is 5.94. The number of hydrogen-bond acceptors (Lipinski definition) is 2. The van der Waals surface area contributed by atoms with Crippen molar-refractivity contribution in [2.45, 2.75) is 19.6 Å². The third-order valence-corrected chi connectivity index (χ3v) is 4.84. The minimum atomic E-state index is -4.28. The Morgan fingerprint density at radius 2 is 1.58 bits per heavy atom. The highest BCUT2D eigenvalue weighted by Gasteiger charge is 2.30. The van der Waals surface area contributed by atoms with E-state index in [4.69, 9.17) is 0 Å². The van der Waals surface area contributed by atoms with Gasteiger partial charge >= 0.3 is 6.18 Å². The van der Waals surface area contributed by atoms with E-state index >= 15 is 0 Å². The number of nitrogens with zero attached hydrogens (tertiary/aromatic N) is 1. The number of rotatable bonds is 4. The molecule has 3 rings (SSSR count). The van der Waals surface area contributed by atoms with Crippen LogP contribution < -0.4 is 9.80 Å². The summed E-state index contributed by atoms with van der Waals surface area (Å²) in [6.07, 6.45) is -4.28. The predicted octanol–water partition coefficient (Wildman–Crippen LogP) is 2.81. The van der Waals surface area contributed by atoms with E-state index in [0.717, 1.165) is 56.1 Å². The summed E-state index contributed by atoms with van der Waals surface area (Å²) in [7, 11) is 0. The Balaban J connectivity index is 1.54. The SMILES string of the molecule is CC(=O)c1ccc(N2CC[NH+](Cc3ccc(C(F)(F)F)cc3)CC2)cc1. The molecule has 1 fully saturated rings. The minimum absolute atomic E-state index is 0.0577. The lowest BCUT2D eigenvalue weighted by Crippen LogP contribution is -3.13. The monoisotopic (exact) mass is 363 g/mol. The second kappa shape index (κ2) is 7.50. The van der Waals surface area contributed by atoms with Crippen molar-refractivity contribution in [2.24, 2.45) is 0 Å². The number of alkyl halides is 3. The second-order valence-electron chi connectivity index (χ2n) is 6.71. The molecule has 1 aliphatic rings. The smallest absolute Gasteiger partial charge is 0.360 e. The van der Waals surface area contributed by atoms with Gasteiger partial charge in [-0.25, -0.2) is 0 Å². The first-order valence-electron chi connectivity index (χ1n) is 8.68. The summed E-state index contributed by atoms with van der Waals surface area (Å²) < 4.78 is 37.9. The number of hydrogen-bond donors (Lipinski definition) is 1. The van der Waals surface area contributed by atoms with Gasteiger partial charge in [-0.2, -0.15) is 13.2 Å². The van der Waals surface area contributed by atoms with Crippen molar-refractivity contribution in [1.82, 2.24) is 0 Å². The van der Waals surface area contributed by atoms with Crippen LogP contribution >= 0.6 is 0 Å². The van der Waals surface area contributed by atoms with E-state index in [0.29, 0.717) is 5.56 Å². The number of Topliss-reactive ketones (excluding diaryl/α,β-unsaturated/α-hetero) is 1. The van der Waals surface area contributed by atoms with Crippen LogP contribution in [0.2, 0.25) is 0 Å². The van der Waals surface area contributed by atoms with Gasteiger partial charge in [-0.3, -0.25) is 4.79 Å². The number of halogens is 3. The summed E-state index contributed by atoms with van der Waals surface area (Å²) in [6.45, 7) is 5.91. The molecule has 26 heavy (non-hydrogen) atoms. The maximum Gasteiger partial charge on any atom is 0.416 e. The van der Waals surface area contributed by atoms with Crippen molar-refractivity contribution in [3.63, 3.8) is 0 Å². The molecule has 2 aromatic rings. The number of ketones is 1. The maximum atomic E-state index is 12.6. The fourth-order valence-electron chi connectivity index (χ4n) is 3.27. The van der Waals surface area contributed by atoms with Crippen LogP contribution in [-0.4, -0.2) is 32.0 Å². The Hall–Kier alpha value is -2.34. The summed E-state index contributed by atoms with van der Waals surface area (Å²) in [5, 5.41) is 0. The maximum absolute atomic E-state index is 12.6. The number of carbonyl (C=O) groups excluding carboxylic acids is 1. The Bertz CT molecular complexity index is 746. The Morgan fingerprint density at radius 3 is 2.08 bits per heavy atom. The lowest BCUT2D eigenvalue weighted by Gasteiger charge is -2.33. The molecule has 0 amide bonds. The van der Waals surface area contributed by atoms with Crippen LogP contribution in [0.15, 0.2) is 48.5 Å². The third-order valence-electron chi connectivity index (χ3n) is 4.84. The molecule has 1 aliphatic heterocycles. The van der Waals surface area contributed by atoms with Crippen LogP contribution in [0.4, 0.5) is 18.9 Å². The van der Waals surface area contributed by atoms with Crippen molar-refractivity contribution in [2.75, 3.05) is 31.1 Å². The predicted molar refractivity (Wildman–Crippen MR) is 94.5 cm³/mol. The lowest BCUT2D eigenvalue weighted by atomic mass is 10.1. The van der Waals surface area contributed by atoms with E-state index in [2.05, 4.69) is 4.90 Å². The lowest BCUT2D eigenvalue weighted by molar-refractivity contribution is -0.914. The largest absolute Gasteiger partial charge is 0.416 e. The van der Waals surface area contributed by atoms with Gasteiger partial charge in [0.25, 0.3) is 0 Å². The number of piperazine rings is 1. The molecule has 1 saturated heterocycles. The van der Waals surface area contributed by atoms with Crippen molar-refractivity contribution < 1.29 is 22.9 Å². The molecule has 0 radical (unpaired) electrons. The van der Waals surface area contributed by atoms with Crippen molar-refractivity contribution in [1.29, 1.82) is 0 Å². The molecule has 0 unspecified atom stereocenters. The van der Waals surface area contributed by atoms with E-state index in [1.165, 1.54) is 4.90 Å². The molecule has 1 heterocycles. The van der Waals surface area contributed by atoms with Gasteiger partial charge in [-0.1, -0.05) is 12.1 Å². The number of benzene rings is 2. The van der Waals surface area contributed by atoms with E-state index in [9.17, 15) is 18.0 Å². The Kier molecular flexibility index (Phi) is 5.32. The van der Waals surface area contributed by atoms with Gasteiger partial charge in [0.1, 0.15) is 6.54 Å². The first kappa shape index (κ1) is 18.5. The summed E-state index contributed by atoms with van der Waals surface area (Å²) in [5.74, 6) is 0.0577. The van der Waals surface area contributed by atoms with Crippen molar-refractivity contribution in [3.8, 4) is 0 Å². The van der Waals surface area contributed by atoms with Crippen LogP contribution in [0.1, 0.15) is 28.4 Å². The zero-order chi connectivity index (χ0) is 18.7. The number of anilines is 1. The minimum Gasteiger partial charge on any atom is -0.360 e. The van der Waals surface area contributed by atoms with Gasteiger partial charge in [-0.05, 0) is 43.3 Å². The molecule has 0 aromatic heterocycles. The molecule has 0 bridgehead atoms. The molecule has 2 aromatic carbocycles. The summed E-state index contributed by atoms with van der Waals surface area (Å²) in [4.78, 5) is 15.0. The summed E-state index contributed by atoms with van der Waals surface area (Å²) in [5.41, 5.74) is 2.13. The average Bonchev–Trinajstić information content (AvgIpc) is 2.62. The zero-order valence-electron chi connectivity index (χ0n) is 14.6. The van der Waals surface area contributed by atoms with Gasteiger partial charge in [0.2, 0.25) is 0 Å². The van der Waals surface area contributed by atoms with E-state index in [1.807, 2.05) is 24.3 Å². The molecule has 0 atom stereocenters. The molecule has 1 N–H and O–H groups in total. The molecule has 6 heteroatoms. The molecule has 0 aliphatic carbocycles. The van der Waals surface area contributed by atoms with Gasteiger partial charge in [0, 0.05) is 16.8 Å². The van der Waals surface area contributed by atoms with Crippen LogP contribution in [0, 0.1) is 0 Å². The highest BCUT2D eigenvalue weighted by atomic mass is 19.4. The molecular weight excluding hydrogens is 341 g/mol. The van der Waals surface area contributed by atoms with Crippen LogP contribution in [0.25, 0.3) is 0 Å². The fraction of sp³-hybridized carbons (Fsp3) is 0.350. The number of quaternary nitrogens is 1. The van der Waals surface area contributed by atoms with Gasteiger partial charge < -0.3 is 9.80 Å². The highest BCUT2D eigenvalue weighted by Crippen LogP contribution is 2.29. The Morgan fingerprint density at radius 1 is 1.00 bits per heavy atom. The van der Waals surface area contributed by atoms with E-state index in [1.54, 1.807) is 19.1 Å². The van der Waals surface area contributed by atoms with Gasteiger partial charge in [0.05, 0.1) is 31.7 Å². The van der Waals surface area contributed by atoms with Gasteiger partial charge in [-0.15, -0.1) is 0 Å². The van der Waals surface area contributed by atoms with E-state index in [-0.39, 0.29) is 5.78 Å². The molecule has 0 saturated carbocycles. The molecule has 138 valence electrons.